The Kier molecular flexibility index (Phi) is 14.4. The van der Waals surface area contributed by atoms with E-state index < -0.39 is 0 Å². The number of para-hydroxylation sites is 1. The molecule has 0 heterocycles. The highest BCUT2D eigenvalue weighted by Crippen LogP contribution is 2.35. The molecule has 1 heteroatoms. The van der Waals surface area contributed by atoms with Crippen molar-refractivity contribution in [3.63, 3.8) is 0 Å². The fraction of sp³-hybridized carbons (Fsp3) is 0.182. The van der Waals surface area contributed by atoms with Gasteiger partial charge in [-0.15, -0.1) is 0 Å². The van der Waals surface area contributed by atoms with Crippen molar-refractivity contribution in [2.45, 2.75) is 54.9 Å². The van der Waals surface area contributed by atoms with Crippen LogP contribution in [-0.2, 0) is 0 Å². The Hall–Kier alpha value is -4.88. The third kappa shape index (κ3) is 12.0. The van der Waals surface area contributed by atoms with Crippen LogP contribution < -0.4 is 4.90 Å². The summed E-state index contributed by atoms with van der Waals surface area (Å²) in [5.74, 6) is 0. The van der Waals surface area contributed by atoms with Gasteiger partial charge in [0.05, 0.1) is 0 Å². The average molecular weight is 592 g/mol. The van der Waals surface area contributed by atoms with Crippen LogP contribution in [0.15, 0.2) is 158 Å². The second-order valence-electron chi connectivity index (χ2n) is 11.4. The highest BCUT2D eigenvalue weighted by atomic mass is 15.1. The van der Waals surface area contributed by atoms with Gasteiger partial charge >= 0.3 is 0 Å². The van der Waals surface area contributed by atoms with Crippen LogP contribution in [0, 0.1) is 34.6 Å². The number of anilines is 3. The van der Waals surface area contributed by atoms with Crippen LogP contribution in [0.25, 0.3) is 11.1 Å². The second kappa shape index (κ2) is 18.7. The van der Waals surface area contributed by atoms with Gasteiger partial charge in [-0.2, -0.15) is 0 Å². The first-order valence-electron chi connectivity index (χ1n) is 15.9. The molecule has 0 aliphatic rings. The molecule has 0 aromatic heterocycles. The van der Waals surface area contributed by atoms with Crippen molar-refractivity contribution in [3.8, 4) is 11.1 Å². The zero-order valence-corrected chi connectivity index (χ0v) is 28.2. The number of rotatable bonds is 4. The minimum absolute atomic E-state index is 1.16. The first-order chi connectivity index (χ1) is 21.8. The molecule has 0 spiro atoms. The van der Waals surface area contributed by atoms with Gasteiger partial charge in [-0.05, 0) is 87.7 Å². The van der Waals surface area contributed by atoms with E-state index in [9.17, 15) is 0 Å². The molecule has 1 nitrogen and oxygen atoms in total. The van der Waals surface area contributed by atoms with Gasteiger partial charge in [0.25, 0.3) is 0 Å². The number of hydrogen-bond acceptors (Lipinski definition) is 1. The van der Waals surface area contributed by atoms with Crippen LogP contribution >= 0.6 is 0 Å². The molecule has 0 fully saturated rings. The third-order valence-corrected chi connectivity index (χ3v) is 6.90. The normalized spacial score (nSPS) is 9.76. The lowest BCUT2D eigenvalue weighted by Crippen LogP contribution is -2.09. The Balaban J connectivity index is 0.000000248. The standard InChI is InChI=1S/C26H23N.C8H10.C7H8.C3H8/c1-20-11-13-22(14-12-20)23-15-17-25(18-16-23)27(24-8-4-3-5-9-24)26-10-6-7-21(2)19-26;1-7-4-3-5-8(2)6-7;1-7-5-3-2-4-6-7;1-3-2/h3-19H,1-2H3;3-6H,1-2H3;2-6H,1H3;3H2,1-2H3. The predicted octanol–water partition coefficient (Wildman–Crippen LogP) is 13.2. The fourth-order valence-electron chi connectivity index (χ4n) is 4.68. The van der Waals surface area contributed by atoms with Gasteiger partial charge in [0, 0.05) is 17.1 Å². The van der Waals surface area contributed by atoms with E-state index in [-0.39, 0.29) is 0 Å². The van der Waals surface area contributed by atoms with E-state index >= 15 is 0 Å². The maximum Gasteiger partial charge on any atom is 0.0464 e. The van der Waals surface area contributed by atoms with Gasteiger partial charge in [0.1, 0.15) is 0 Å². The molecule has 0 unspecified atom stereocenters. The SMILES string of the molecule is CCC.Cc1ccc(-c2ccc(N(c3ccccc3)c3cccc(C)c3)cc2)cc1.Cc1cccc(C)c1.Cc1ccccc1. The highest BCUT2D eigenvalue weighted by molar-refractivity contribution is 5.78. The second-order valence-corrected chi connectivity index (χ2v) is 11.4. The van der Waals surface area contributed by atoms with Crippen molar-refractivity contribution >= 4 is 17.1 Å². The zero-order valence-electron chi connectivity index (χ0n) is 28.2. The molecule has 0 aliphatic carbocycles. The van der Waals surface area contributed by atoms with Gasteiger partial charge in [0.2, 0.25) is 0 Å². The zero-order chi connectivity index (χ0) is 32.4. The molecule has 0 amide bonds. The first kappa shape index (κ1) is 34.6. The van der Waals surface area contributed by atoms with Gasteiger partial charge < -0.3 is 4.90 Å². The molecule has 0 bridgehead atoms. The summed E-state index contributed by atoms with van der Waals surface area (Å²) in [4.78, 5) is 2.30. The summed E-state index contributed by atoms with van der Waals surface area (Å²) in [5.41, 5.74) is 12.5. The van der Waals surface area contributed by atoms with Crippen LogP contribution in [0.5, 0.6) is 0 Å². The van der Waals surface area contributed by atoms with Crippen molar-refractivity contribution in [3.05, 3.63) is 186 Å². The van der Waals surface area contributed by atoms with E-state index in [2.05, 4.69) is 193 Å². The Morgan fingerprint density at radius 2 is 0.689 bits per heavy atom. The van der Waals surface area contributed by atoms with E-state index in [0.717, 1.165) is 11.4 Å². The quantitative estimate of drug-likeness (QED) is 0.197. The fourth-order valence-corrected chi connectivity index (χ4v) is 4.68. The molecule has 6 aromatic carbocycles. The van der Waals surface area contributed by atoms with Crippen molar-refractivity contribution in [2.75, 3.05) is 4.90 Å². The van der Waals surface area contributed by atoms with Crippen LogP contribution in [0.4, 0.5) is 17.1 Å². The van der Waals surface area contributed by atoms with E-state index in [1.807, 2.05) is 18.2 Å². The van der Waals surface area contributed by atoms with E-state index in [1.54, 1.807) is 0 Å². The minimum Gasteiger partial charge on any atom is -0.310 e. The van der Waals surface area contributed by atoms with E-state index in [0.29, 0.717) is 0 Å². The predicted molar refractivity (Wildman–Crippen MR) is 199 cm³/mol. The van der Waals surface area contributed by atoms with E-state index in [1.165, 1.54) is 51.1 Å². The molecular formula is C44H49N. The summed E-state index contributed by atoms with van der Waals surface area (Å²) in [6.07, 6.45) is 1.25. The smallest absolute Gasteiger partial charge is 0.0464 e. The molecule has 0 saturated carbocycles. The molecule has 45 heavy (non-hydrogen) atoms. The summed E-state index contributed by atoms with van der Waals surface area (Å²) in [6.45, 7) is 14.8. The average Bonchev–Trinajstić information content (AvgIpc) is 3.04. The molecule has 6 rings (SSSR count). The molecule has 0 saturated heterocycles. The molecule has 0 radical (unpaired) electrons. The summed E-state index contributed by atoms with van der Waals surface area (Å²) < 4.78 is 0. The van der Waals surface area contributed by atoms with Gasteiger partial charge in [0.15, 0.2) is 0 Å². The minimum atomic E-state index is 1.16. The lowest BCUT2D eigenvalue weighted by molar-refractivity contribution is 1.09. The summed E-state index contributed by atoms with van der Waals surface area (Å²) in [7, 11) is 0. The maximum atomic E-state index is 2.30. The number of hydrogen-bond donors (Lipinski definition) is 0. The number of benzene rings is 6. The largest absolute Gasteiger partial charge is 0.310 e. The third-order valence-electron chi connectivity index (χ3n) is 6.90. The van der Waals surface area contributed by atoms with Gasteiger partial charge in [-0.1, -0.05) is 164 Å². The van der Waals surface area contributed by atoms with Crippen LogP contribution in [-0.4, -0.2) is 0 Å². The van der Waals surface area contributed by atoms with Crippen LogP contribution in [0.1, 0.15) is 48.1 Å². The topological polar surface area (TPSA) is 3.24 Å². The molecule has 0 aliphatic heterocycles. The maximum absolute atomic E-state index is 2.30. The molecular weight excluding hydrogens is 542 g/mol. The molecule has 0 atom stereocenters. The lowest BCUT2D eigenvalue weighted by atomic mass is 10.0. The van der Waals surface area contributed by atoms with Crippen molar-refractivity contribution in [2.24, 2.45) is 0 Å². The Morgan fingerprint density at radius 3 is 1.11 bits per heavy atom. The Labute approximate surface area is 272 Å². The summed E-state index contributed by atoms with van der Waals surface area (Å²) in [5, 5.41) is 0. The summed E-state index contributed by atoms with van der Waals surface area (Å²) >= 11 is 0. The highest BCUT2D eigenvalue weighted by Gasteiger charge is 2.12. The van der Waals surface area contributed by atoms with Crippen molar-refractivity contribution < 1.29 is 0 Å². The molecule has 0 N–H and O–H groups in total. The monoisotopic (exact) mass is 591 g/mol. The Bertz CT molecular complexity index is 1630. The molecule has 6 aromatic rings. The van der Waals surface area contributed by atoms with Crippen molar-refractivity contribution in [1.29, 1.82) is 0 Å². The van der Waals surface area contributed by atoms with Gasteiger partial charge in [-0.3, -0.25) is 0 Å². The van der Waals surface area contributed by atoms with Gasteiger partial charge in [-0.25, -0.2) is 0 Å². The van der Waals surface area contributed by atoms with Crippen molar-refractivity contribution in [1.82, 2.24) is 0 Å². The van der Waals surface area contributed by atoms with Crippen LogP contribution in [0.3, 0.4) is 0 Å². The number of nitrogens with zero attached hydrogens (tertiary/aromatic N) is 1. The molecule has 230 valence electrons. The first-order valence-corrected chi connectivity index (χ1v) is 15.9. The summed E-state index contributed by atoms with van der Waals surface area (Å²) in [6, 6.07) is 55.3. The number of aryl methyl sites for hydroxylation is 5. The lowest BCUT2D eigenvalue weighted by Gasteiger charge is -2.26. The van der Waals surface area contributed by atoms with Crippen LogP contribution in [0.2, 0.25) is 0 Å². The van der Waals surface area contributed by atoms with E-state index in [4.69, 9.17) is 0 Å². The Morgan fingerprint density at radius 1 is 0.333 bits per heavy atom.